The van der Waals surface area contributed by atoms with Gasteiger partial charge in [0.25, 0.3) is 5.91 Å². The average molecular weight is 336 g/mol. The molecule has 7 nitrogen and oxygen atoms in total. The van der Waals surface area contributed by atoms with E-state index in [0.29, 0.717) is 0 Å². The van der Waals surface area contributed by atoms with Crippen molar-refractivity contribution in [1.82, 2.24) is 19.6 Å². The van der Waals surface area contributed by atoms with Crippen LogP contribution in [0.3, 0.4) is 0 Å². The van der Waals surface area contributed by atoms with Crippen molar-refractivity contribution in [2.45, 2.75) is 6.18 Å². The topological polar surface area (TPSA) is 84.2 Å². The number of pyridine rings is 2. The minimum absolute atomic E-state index is 0.0457. The number of hydrogen-bond donors (Lipinski definition) is 2. The SMILES string of the molecule is CNc1cc(C(F)(F)F)cc2nc(NC(=O)c3cccnc3)nn12. The summed E-state index contributed by atoms with van der Waals surface area (Å²) in [5, 5.41) is 9.04. The molecule has 1 amide bonds. The molecule has 0 saturated carbocycles. The van der Waals surface area contributed by atoms with Gasteiger partial charge < -0.3 is 5.32 Å². The summed E-state index contributed by atoms with van der Waals surface area (Å²) in [6.45, 7) is 0. The van der Waals surface area contributed by atoms with Gasteiger partial charge in [0.15, 0.2) is 5.65 Å². The first kappa shape index (κ1) is 15.7. The number of hydrogen-bond acceptors (Lipinski definition) is 5. The standard InChI is InChI=1S/C14H11F3N6O/c1-18-10-5-9(14(15,16)17)6-11-20-13(22-23(10)11)21-12(24)8-3-2-4-19-7-8/h2-7,18H,1H3,(H,21,22,24). The van der Waals surface area contributed by atoms with Gasteiger partial charge >= 0.3 is 6.18 Å². The van der Waals surface area contributed by atoms with Crippen molar-refractivity contribution < 1.29 is 18.0 Å². The summed E-state index contributed by atoms with van der Waals surface area (Å²) >= 11 is 0. The average Bonchev–Trinajstić information content (AvgIpc) is 2.96. The van der Waals surface area contributed by atoms with Crippen LogP contribution in [-0.2, 0) is 6.18 Å². The van der Waals surface area contributed by atoms with Gasteiger partial charge in [-0.3, -0.25) is 15.1 Å². The van der Waals surface area contributed by atoms with E-state index in [0.717, 1.165) is 12.1 Å². The number of carbonyl (C=O) groups is 1. The van der Waals surface area contributed by atoms with Crippen molar-refractivity contribution in [2.75, 3.05) is 17.7 Å². The van der Waals surface area contributed by atoms with Gasteiger partial charge in [-0.1, -0.05) is 0 Å². The molecule has 2 N–H and O–H groups in total. The predicted molar refractivity (Wildman–Crippen MR) is 79.7 cm³/mol. The molecule has 0 spiro atoms. The van der Waals surface area contributed by atoms with E-state index in [1.54, 1.807) is 12.1 Å². The number of amides is 1. The van der Waals surface area contributed by atoms with Gasteiger partial charge in [-0.05, 0) is 24.3 Å². The zero-order chi connectivity index (χ0) is 17.3. The molecule has 0 aliphatic rings. The normalized spacial score (nSPS) is 11.5. The first-order chi connectivity index (χ1) is 11.4. The van der Waals surface area contributed by atoms with Gasteiger partial charge in [-0.2, -0.15) is 22.7 Å². The second-order valence-corrected chi connectivity index (χ2v) is 4.78. The number of rotatable bonds is 3. The molecule has 0 saturated heterocycles. The van der Waals surface area contributed by atoms with Crippen LogP contribution in [0, 0.1) is 0 Å². The van der Waals surface area contributed by atoms with E-state index >= 15 is 0 Å². The second kappa shape index (κ2) is 5.80. The Hall–Kier alpha value is -3.17. The van der Waals surface area contributed by atoms with Crippen molar-refractivity contribution >= 4 is 23.3 Å². The number of alkyl halides is 3. The third-order valence-corrected chi connectivity index (χ3v) is 3.17. The van der Waals surface area contributed by atoms with E-state index in [2.05, 4.69) is 25.7 Å². The zero-order valence-corrected chi connectivity index (χ0v) is 12.3. The molecule has 3 heterocycles. The van der Waals surface area contributed by atoms with E-state index in [9.17, 15) is 18.0 Å². The van der Waals surface area contributed by atoms with Crippen LogP contribution in [-0.4, -0.2) is 32.5 Å². The lowest BCUT2D eigenvalue weighted by atomic mass is 10.2. The third kappa shape index (κ3) is 2.98. The fraction of sp³-hybridized carbons (Fsp3) is 0.143. The predicted octanol–water partition coefficient (Wildman–Crippen LogP) is 2.44. The number of anilines is 2. The molecule has 3 aromatic heterocycles. The second-order valence-electron chi connectivity index (χ2n) is 4.78. The van der Waals surface area contributed by atoms with Crippen molar-refractivity contribution in [1.29, 1.82) is 0 Å². The molecule has 10 heteroatoms. The zero-order valence-electron chi connectivity index (χ0n) is 12.3. The molecule has 0 bridgehead atoms. The Balaban J connectivity index is 1.98. The quantitative estimate of drug-likeness (QED) is 0.767. The van der Waals surface area contributed by atoms with Gasteiger partial charge in [0.2, 0.25) is 5.95 Å². The highest BCUT2D eigenvalue weighted by Crippen LogP contribution is 2.31. The summed E-state index contributed by atoms with van der Waals surface area (Å²) in [6.07, 6.45) is -1.65. The fourth-order valence-electron chi connectivity index (χ4n) is 2.05. The molecule has 3 rings (SSSR count). The largest absolute Gasteiger partial charge is 0.416 e. The summed E-state index contributed by atoms with van der Waals surface area (Å²) < 4.78 is 39.9. The molecule has 0 aliphatic heterocycles. The Labute approximate surface area is 133 Å². The van der Waals surface area contributed by atoms with E-state index in [-0.39, 0.29) is 23.0 Å². The summed E-state index contributed by atoms with van der Waals surface area (Å²) in [5.74, 6) is -0.532. The highest BCUT2D eigenvalue weighted by atomic mass is 19.4. The van der Waals surface area contributed by atoms with E-state index in [4.69, 9.17) is 0 Å². The molecular formula is C14H11F3N6O. The summed E-state index contributed by atoms with van der Waals surface area (Å²) in [5.41, 5.74) is -0.631. The maximum Gasteiger partial charge on any atom is 0.416 e. The smallest absolute Gasteiger partial charge is 0.373 e. The van der Waals surface area contributed by atoms with Crippen LogP contribution in [0.4, 0.5) is 24.9 Å². The van der Waals surface area contributed by atoms with Crippen LogP contribution >= 0.6 is 0 Å². The van der Waals surface area contributed by atoms with Crippen molar-refractivity contribution in [3.63, 3.8) is 0 Å². The number of halogens is 3. The maximum absolute atomic E-state index is 12.9. The monoisotopic (exact) mass is 336 g/mol. The maximum atomic E-state index is 12.9. The van der Waals surface area contributed by atoms with Gasteiger partial charge in [0.05, 0.1) is 11.1 Å². The molecule has 0 unspecified atom stereocenters. The van der Waals surface area contributed by atoms with Crippen LogP contribution < -0.4 is 10.6 Å². The number of nitrogens with zero attached hydrogens (tertiary/aromatic N) is 4. The molecule has 24 heavy (non-hydrogen) atoms. The lowest BCUT2D eigenvalue weighted by molar-refractivity contribution is -0.137. The van der Waals surface area contributed by atoms with Gasteiger partial charge in [-0.15, -0.1) is 5.10 Å². The summed E-state index contributed by atoms with van der Waals surface area (Å²) in [7, 11) is 1.46. The van der Waals surface area contributed by atoms with Gasteiger partial charge in [0.1, 0.15) is 5.82 Å². The minimum Gasteiger partial charge on any atom is -0.373 e. The number of nitrogens with one attached hydrogen (secondary N) is 2. The number of fused-ring (bicyclic) bond motifs is 1. The van der Waals surface area contributed by atoms with Crippen molar-refractivity contribution in [3.05, 3.63) is 47.8 Å². The minimum atomic E-state index is -4.52. The number of aromatic nitrogens is 4. The number of carbonyl (C=O) groups excluding carboxylic acids is 1. The molecule has 0 fully saturated rings. The first-order valence-electron chi connectivity index (χ1n) is 6.75. The Morgan fingerprint density at radius 3 is 2.71 bits per heavy atom. The molecule has 3 aromatic rings. The Morgan fingerprint density at radius 2 is 2.08 bits per heavy atom. The summed E-state index contributed by atoms with van der Waals surface area (Å²) in [6, 6.07) is 4.89. The Bertz CT molecular complexity index is 891. The lowest BCUT2D eigenvalue weighted by Crippen LogP contribution is -2.13. The van der Waals surface area contributed by atoms with E-state index in [1.807, 2.05) is 0 Å². The molecule has 0 aliphatic carbocycles. The molecule has 0 aromatic carbocycles. The lowest BCUT2D eigenvalue weighted by Gasteiger charge is -2.09. The van der Waals surface area contributed by atoms with Gasteiger partial charge in [0, 0.05) is 19.4 Å². The third-order valence-electron chi connectivity index (χ3n) is 3.17. The highest BCUT2D eigenvalue weighted by Gasteiger charge is 2.32. The molecule has 0 atom stereocenters. The van der Waals surface area contributed by atoms with Crippen LogP contribution in [0.1, 0.15) is 15.9 Å². The van der Waals surface area contributed by atoms with Crippen molar-refractivity contribution in [2.24, 2.45) is 0 Å². The van der Waals surface area contributed by atoms with Crippen LogP contribution in [0.15, 0.2) is 36.7 Å². The van der Waals surface area contributed by atoms with Gasteiger partial charge in [-0.25, -0.2) is 0 Å². The first-order valence-corrected chi connectivity index (χ1v) is 6.75. The van der Waals surface area contributed by atoms with Crippen molar-refractivity contribution in [3.8, 4) is 0 Å². The Kier molecular flexibility index (Phi) is 3.80. The summed E-state index contributed by atoms with van der Waals surface area (Å²) in [4.78, 5) is 19.8. The molecule has 124 valence electrons. The molecule has 0 radical (unpaired) electrons. The fourth-order valence-corrected chi connectivity index (χ4v) is 2.05. The van der Waals surface area contributed by atoms with Crippen LogP contribution in [0.5, 0.6) is 0 Å². The van der Waals surface area contributed by atoms with Crippen LogP contribution in [0.25, 0.3) is 5.65 Å². The molecular weight excluding hydrogens is 325 g/mol. The Morgan fingerprint density at radius 1 is 1.29 bits per heavy atom. The van der Waals surface area contributed by atoms with E-state index < -0.39 is 17.6 Å². The van der Waals surface area contributed by atoms with Crippen LogP contribution in [0.2, 0.25) is 0 Å². The highest BCUT2D eigenvalue weighted by molar-refractivity contribution is 6.03. The van der Waals surface area contributed by atoms with E-state index in [1.165, 1.54) is 24.0 Å².